The van der Waals surface area contributed by atoms with Gasteiger partial charge in [0.1, 0.15) is 11.6 Å². The SMILES string of the molecule is Cc1cc(F)c(NCC(C)C(=O)O)cc1F. The molecule has 1 rings (SSSR count). The molecular formula is C11H13F2NO2. The summed E-state index contributed by atoms with van der Waals surface area (Å²) in [5.74, 6) is -2.76. The summed E-state index contributed by atoms with van der Waals surface area (Å²) < 4.78 is 26.4. The van der Waals surface area contributed by atoms with Crippen LogP contribution in [-0.4, -0.2) is 17.6 Å². The largest absolute Gasteiger partial charge is 0.481 e. The van der Waals surface area contributed by atoms with Crippen LogP contribution in [0.25, 0.3) is 0 Å². The Morgan fingerprint density at radius 1 is 1.44 bits per heavy atom. The molecule has 0 aromatic heterocycles. The van der Waals surface area contributed by atoms with Gasteiger partial charge in [0.2, 0.25) is 0 Å². The topological polar surface area (TPSA) is 49.3 Å². The van der Waals surface area contributed by atoms with E-state index in [2.05, 4.69) is 5.32 Å². The highest BCUT2D eigenvalue weighted by molar-refractivity contribution is 5.70. The fourth-order valence-electron chi connectivity index (χ4n) is 1.13. The van der Waals surface area contributed by atoms with E-state index in [1.165, 1.54) is 13.8 Å². The normalized spacial score (nSPS) is 12.2. The van der Waals surface area contributed by atoms with Gasteiger partial charge in [-0.1, -0.05) is 6.92 Å². The lowest BCUT2D eigenvalue weighted by Crippen LogP contribution is -2.20. The standard InChI is InChI=1S/C11H13F2NO2/c1-6-3-9(13)10(4-8(6)12)14-5-7(2)11(15)16/h3-4,7,14H,5H2,1-2H3,(H,15,16). The van der Waals surface area contributed by atoms with Crippen molar-refractivity contribution in [3.63, 3.8) is 0 Å². The van der Waals surface area contributed by atoms with E-state index in [1.54, 1.807) is 0 Å². The van der Waals surface area contributed by atoms with Crippen molar-refractivity contribution in [1.29, 1.82) is 0 Å². The predicted molar refractivity (Wildman–Crippen MR) is 56.4 cm³/mol. The van der Waals surface area contributed by atoms with Gasteiger partial charge in [-0.3, -0.25) is 4.79 Å². The van der Waals surface area contributed by atoms with E-state index in [9.17, 15) is 13.6 Å². The first-order valence-corrected chi connectivity index (χ1v) is 4.84. The van der Waals surface area contributed by atoms with Gasteiger partial charge >= 0.3 is 5.97 Å². The van der Waals surface area contributed by atoms with Crippen LogP contribution in [0.5, 0.6) is 0 Å². The second-order valence-corrected chi connectivity index (χ2v) is 3.70. The maximum atomic E-state index is 13.3. The molecule has 0 saturated carbocycles. The van der Waals surface area contributed by atoms with Crippen molar-refractivity contribution < 1.29 is 18.7 Å². The molecule has 1 aromatic carbocycles. The number of hydrogen-bond acceptors (Lipinski definition) is 2. The smallest absolute Gasteiger partial charge is 0.308 e. The fourth-order valence-corrected chi connectivity index (χ4v) is 1.13. The monoisotopic (exact) mass is 229 g/mol. The Labute approximate surface area is 92.1 Å². The van der Waals surface area contributed by atoms with E-state index in [0.29, 0.717) is 0 Å². The van der Waals surface area contributed by atoms with Gasteiger partial charge in [-0.2, -0.15) is 0 Å². The van der Waals surface area contributed by atoms with Crippen LogP contribution in [0.2, 0.25) is 0 Å². The number of hydrogen-bond donors (Lipinski definition) is 2. The molecule has 0 fully saturated rings. The van der Waals surface area contributed by atoms with Crippen LogP contribution in [-0.2, 0) is 4.79 Å². The molecule has 0 aliphatic heterocycles. The van der Waals surface area contributed by atoms with E-state index in [1.807, 2.05) is 0 Å². The molecule has 0 amide bonds. The minimum atomic E-state index is -0.986. The zero-order valence-electron chi connectivity index (χ0n) is 9.05. The maximum absolute atomic E-state index is 13.3. The van der Waals surface area contributed by atoms with E-state index in [4.69, 9.17) is 5.11 Å². The highest BCUT2D eigenvalue weighted by Crippen LogP contribution is 2.19. The van der Waals surface area contributed by atoms with E-state index >= 15 is 0 Å². The van der Waals surface area contributed by atoms with Crippen LogP contribution < -0.4 is 5.32 Å². The Morgan fingerprint density at radius 2 is 2.06 bits per heavy atom. The molecule has 0 aliphatic carbocycles. The van der Waals surface area contributed by atoms with Crippen LogP contribution in [0.3, 0.4) is 0 Å². The molecule has 0 saturated heterocycles. The summed E-state index contributed by atoms with van der Waals surface area (Å²) in [6.45, 7) is 2.99. The Morgan fingerprint density at radius 3 is 2.62 bits per heavy atom. The molecule has 0 aliphatic rings. The minimum Gasteiger partial charge on any atom is -0.481 e. The highest BCUT2D eigenvalue weighted by atomic mass is 19.1. The Hall–Kier alpha value is -1.65. The third-order valence-electron chi connectivity index (χ3n) is 2.27. The summed E-state index contributed by atoms with van der Waals surface area (Å²) in [6, 6.07) is 2.10. The van der Waals surface area contributed by atoms with Gasteiger partial charge in [-0.05, 0) is 18.6 Å². The minimum absolute atomic E-state index is 0.0174. The second-order valence-electron chi connectivity index (χ2n) is 3.70. The van der Waals surface area contributed by atoms with Crippen molar-refractivity contribution in [2.45, 2.75) is 13.8 Å². The Bertz CT molecular complexity index is 407. The molecule has 5 heteroatoms. The van der Waals surface area contributed by atoms with E-state index in [0.717, 1.165) is 12.1 Å². The number of aryl methyl sites for hydroxylation is 1. The molecule has 3 nitrogen and oxygen atoms in total. The van der Waals surface area contributed by atoms with Crippen LogP contribution in [0.1, 0.15) is 12.5 Å². The average molecular weight is 229 g/mol. The van der Waals surface area contributed by atoms with E-state index < -0.39 is 23.5 Å². The lowest BCUT2D eigenvalue weighted by Gasteiger charge is -2.11. The molecule has 1 aromatic rings. The van der Waals surface area contributed by atoms with Gasteiger partial charge in [0.05, 0.1) is 11.6 Å². The molecule has 16 heavy (non-hydrogen) atoms. The first-order valence-electron chi connectivity index (χ1n) is 4.84. The Balaban J connectivity index is 2.74. The number of carboxylic acid groups (broad SMARTS) is 1. The van der Waals surface area contributed by atoms with Gasteiger partial charge in [-0.25, -0.2) is 8.78 Å². The van der Waals surface area contributed by atoms with Crippen LogP contribution >= 0.6 is 0 Å². The third-order valence-corrected chi connectivity index (χ3v) is 2.27. The summed E-state index contributed by atoms with van der Waals surface area (Å²) >= 11 is 0. The molecule has 2 N–H and O–H groups in total. The summed E-state index contributed by atoms with van der Waals surface area (Å²) in [4.78, 5) is 10.5. The van der Waals surface area contributed by atoms with Crippen molar-refractivity contribution in [1.82, 2.24) is 0 Å². The maximum Gasteiger partial charge on any atom is 0.308 e. The van der Waals surface area contributed by atoms with Gasteiger partial charge in [0.25, 0.3) is 0 Å². The quantitative estimate of drug-likeness (QED) is 0.833. The average Bonchev–Trinajstić information content (AvgIpc) is 2.20. The van der Waals surface area contributed by atoms with Crippen molar-refractivity contribution in [2.75, 3.05) is 11.9 Å². The number of rotatable bonds is 4. The molecule has 0 bridgehead atoms. The van der Waals surface area contributed by atoms with Crippen molar-refractivity contribution in [3.8, 4) is 0 Å². The molecule has 0 spiro atoms. The summed E-state index contributed by atoms with van der Waals surface area (Å²) in [7, 11) is 0. The third kappa shape index (κ3) is 2.92. The fraction of sp³-hybridized carbons (Fsp3) is 0.364. The van der Waals surface area contributed by atoms with Crippen molar-refractivity contribution >= 4 is 11.7 Å². The van der Waals surface area contributed by atoms with Crippen molar-refractivity contribution in [2.24, 2.45) is 5.92 Å². The number of aliphatic carboxylic acids is 1. The summed E-state index contributed by atoms with van der Waals surface area (Å²) in [6.07, 6.45) is 0. The number of anilines is 1. The summed E-state index contributed by atoms with van der Waals surface area (Å²) in [5, 5.41) is 11.2. The van der Waals surface area contributed by atoms with Crippen LogP contribution in [0, 0.1) is 24.5 Å². The molecule has 1 atom stereocenters. The van der Waals surface area contributed by atoms with Gasteiger partial charge < -0.3 is 10.4 Å². The molecule has 88 valence electrons. The zero-order valence-corrected chi connectivity index (χ0v) is 9.05. The van der Waals surface area contributed by atoms with Gasteiger partial charge in [-0.15, -0.1) is 0 Å². The van der Waals surface area contributed by atoms with Crippen LogP contribution in [0.4, 0.5) is 14.5 Å². The Kier molecular flexibility index (Phi) is 3.82. The van der Waals surface area contributed by atoms with Crippen LogP contribution in [0.15, 0.2) is 12.1 Å². The number of nitrogens with one attached hydrogen (secondary N) is 1. The molecular weight excluding hydrogens is 216 g/mol. The van der Waals surface area contributed by atoms with Gasteiger partial charge in [0.15, 0.2) is 0 Å². The number of benzene rings is 1. The highest BCUT2D eigenvalue weighted by Gasteiger charge is 2.12. The molecule has 0 heterocycles. The second kappa shape index (κ2) is 4.92. The molecule has 0 radical (unpaired) electrons. The lowest BCUT2D eigenvalue weighted by atomic mass is 10.1. The number of halogens is 2. The van der Waals surface area contributed by atoms with E-state index in [-0.39, 0.29) is 17.8 Å². The number of carboxylic acids is 1. The first kappa shape index (κ1) is 12.4. The van der Waals surface area contributed by atoms with Crippen molar-refractivity contribution in [3.05, 3.63) is 29.3 Å². The lowest BCUT2D eigenvalue weighted by molar-refractivity contribution is -0.140. The summed E-state index contributed by atoms with van der Waals surface area (Å²) in [5.41, 5.74) is 0.200. The first-order chi connectivity index (χ1) is 7.41. The molecule has 1 unspecified atom stereocenters. The zero-order chi connectivity index (χ0) is 12.3. The number of carbonyl (C=O) groups is 1. The predicted octanol–water partition coefficient (Wildman–Crippen LogP) is 2.41. The van der Waals surface area contributed by atoms with Gasteiger partial charge in [0, 0.05) is 12.6 Å².